The zero-order valence-corrected chi connectivity index (χ0v) is 21.5. The van der Waals surface area contributed by atoms with Crippen molar-refractivity contribution in [1.82, 2.24) is 15.3 Å². The largest absolute Gasteiger partial charge is 0.493 e. The molecule has 0 aliphatic carbocycles. The third kappa shape index (κ3) is 5.95. The van der Waals surface area contributed by atoms with E-state index in [0.29, 0.717) is 23.3 Å². The Bertz CT molecular complexity index is 1360. The van der Waals surface area contributed by atoms with Gasteiger partial charge in [0, 0.05) is 36.5 Å². The predicted octanol–water partition coefficient (Wildman–Crippen LogP) is 3.46. The molecule has 2 amide bonds. The van der Waals surface area contributed by atoms with Gasteiger partial charge in [0.05, 0.1) is 35.8 Å². The van der Waals surface area contributed by atoms with Gasteiger partial charge in [-0.1, -0.05) is 11.6 Å². The van der Waals surface area contributed by atoms with Crippen LogP contribution in [0.4, 0.5) is 14.5 Å². The molecule has 200 valence electrons. The van der Waals surface area contributed by atoms with Crippen LogP contribution in [0.15, 0.2) is 42.6 Å². The van der Waals surface area contributed by atoms with Crippen LogP contribution in [0.2, 0.25) is 5.02 Å². The number of ether oxygens (including phenoxy) is 2. The highest BCUT2D eigenvalue weighted by atomic mass is 35.5. The van der Waals surface area contributed by atoms with Gasteiger partial charge < -0.3 is 24.8 Å². The van der Waals surface area contributed by atoms with Gasteiger partial charge in [-0.3, -0.25) is 9.59 Å². The van der Waals surface area contributed by atoms with Gasteiger partial charge in [0.25, 0.3) is 11.8 Å². The number of likely N-dealkylation sites (N-methyl/N-ethyl adjacent to an activating group) is 1. The summed E-state index contributed by atoms with van der Waals surface area (Å²) >= 11 is 11.9. The van der Waals surface area contributed by atoms with E-state index in [-0.39, 0.29) is 53.7 Å². The number of aromatic nitrogens is 2. The summed E-state index contributed by atoms with van der Waals surface area (Å²) in [5.74, 6) is -2.59. The third-order valence-electron chi connectivity index (χ3n) is 5.73. The highest BCUT2D eigenvalue weighted by Crippen LogP contribution is 2.34. The molecule has 1 aliphatic rings. The number of alkyl halides is 1. The summed E-state index contributed by atoms with van der Waals surface area (Å²) in [6.07, 6.45) is 1.11. The van der Waals surface area contributed by atoms with Gasteiger partial charge in [0.15, 0.2) is 0 Å². The maximum absolute atomic E-state index is 14.3. The lowest BCUT2D eigenvalue weighted by atomic mass is 10.1. The lowest BCUT2D eigenvalue weighted by Gasteiger charge is -2.21. The van der Waals surface area contributed by atoms with Crippen molar-refractivity contribution in [3.63, 3.8) is 0 Å². The van der Waals surface area contributed by atoms with Crippen molar-refractivity contribution in [3.05, 3.63) is 65.1 Å². The molecule has 0 bridgehead atoms. The van der Waals surface area contributed by atoms with Crippen LogP contribution in [0.5, 0.6) is 11.5 Å². The number of aliphatic hydroxyl groups is 1. The number of hydrogen-bond acceptors (Lipinski definition) is 7. The Kier molecular flexibility index (Phi) is 8.60. The minimum atomic E-state index is -1.11. The Balaban J connectivity index is 1.51. The number of hydrogen-bond donors (Lipinski definition) is 2. The first-order chi connectivity index (χ1) is 18.2. The molecule has 2 atom stereocenters. The molecular weight excluding hydrogens is 545 g/mol. The number of benzene rings is 2. The van der Waals surface area contributed by atoms with E-state index in [4.69, 9.17) is 32.7 Å². The van der Waals surface area contributed by atoms with E-state index in [0.717, 1.165) is 18.3 Å². The normalized spacial score (nSPS) is 15.8. The third-order valence-corrected chi connectivity index (χ3v) is 6.44. The number of nitrogens with zero attached hydrogens (tertiary/aromatic N) is 3. The molecule has 9 nitrogen and oxygen atoms in total. The zero-order valence-electron chi connectivity index (χ0n) is 20.0. The molecule has 0 fully saturated rings. The molecule has 0 saturated carbocycles. The van der Waals surface area contributed by atoms with Crippen molar-refractivity contribution in [3.8, 4) is 22.8 Å². The van der Waals surface area contributed by atoms with Gasteiger partial charge in [0.2, 0.25) is 5.82 Å². The first kappa shape index (κ1) is 27.5. The molecule has 0 saturated heterocycles. The number of rotatable bonds is 8. The number of fused-ring (bicyclic) bond motifs is 1. The summed E-state index contributed by atoms with van der Waals surface area (Å²) in [7, 11) is 1.52. The van der Waals surface area contributed by atoms with Gasteiger partial charge in [-0.25, -0.2) is 18.7 Å². The molecule has 2 heterocycles. The van der Waals surface area contributed by atoms with Crippen molar-refractivity contribution >= 4 is 40.7 Å². The summed E-state index contributed by atoms with van der Waals surface area (Å²) < 4.78 is 39.0. The smallest absolute Gasteiger partial charge is 0.289 e. The first-order valence-corrected chi connectivity index (χ1v) is 12.3. The summed E-state index contributed by atoms with van der Waals surface area (Å²) in [6, 6.07) is 6.62. The SMILES string of the molecule is CN1C(=O)C(NC(=O)c2ncc(Cl)c(-c3ccc(F)cc3F)n2)COc2ccc(OCC(CO)CCl)cc21. The second-order valence-corrected chi connectivity index (χ2v) is 9.11. The Morgan fingerprint density at radius 3 is 2.82 bits per heavy atom. The monoisotopic (exact) mass is 566 g/mol. The highest BCUT2D eigenvalue weighted by molar-refractivity contribution is 6.33. The number of anilines is 1. The molecular formula is C25H22Cl2F2N4O5. The van der Waals surface area contributed by atoms with Gasteiger partial charge in [-0.05, 0) is 24.3 Å². The van der Waals surface area contributed by atoms with Crippen LogP contribution < -0.4 is 19.7 Å². The Morgan fingerprint density at radius 2 is 2.11 bits per heavy atom. The average molecular weight is 567 g/mol. The van der Waals surface area contributed by atoms with Crippen molar-refractivity contribution in [2.45, 2.75) is 6.04 Å². The van der Waals surface area contributed by atoms with Crippen LogP contribution in [0.3, 0.4) is 0 Å². The number of carbonyl (C=O) groups is 2. The van der Waals surface area contributed by atoms with Crippen LogP contribution in [-0.4, -0.2) is 65.7 Å². The number of nitrogens with one attached hydrogen (secondary N) is 1. The Morgan fingerprint density at radius 1 is 1.32 bits per heavy atom. The molecule has 0 spiro atoms. The maximum atomic E-state index is 14.3. The number of aliphatic hydroxyl groups excluding tert-OH is 1. The maximum Gasteiger partial charge on any atom is 0.289 e. The van der Waals surface area contributed by atoms with E-state index in [1.807, 2.05) is 0 Å². The number of carbonyl (C=O) groups excluding carboxylic acids is 2. The fourth-order valence-electron chi connectivity index (χ4n) is 3.60. The van der Waals surface area contributed by atoms with Crippen molar-refractivity contribution in [2.75, 3.05) is 37.6 Å². The fourth-order valence-corrected chi connectivity index (χ4v) is 3.98. The molecule has 1 aliphatic heterocycles. The van der Waals surface area contributed by atoms with Crippen LogP contribution >= 0.6 is 23.2 Å². The standard InChI is InChI=1S/C25H22Cl2F2N4O5/c1-33-20-7-15(37-11-13(8-26)10-34)3-5-21(20)38-12-19(25(33)36)31-24(35)23-30-9-17(27)22(32-23)16-4-2-14(28)6-18(16)29/h2-7,9,13,19,34H,8,10-12H2,1H3,(H,31,35). The Labute approximate surface area is 226 Å². The van der Waals surface area contributed by atoms with E-state index < -0.39 is 29.5 Å². The molecule has 2 N–H and O–H groups in total. The van der Waals surface area contributed by atoms with Crippen molar-refractivity contribution in [1.29, 1.82) is 0 Å². The summed E-state index contributed by atoms with van der Waals surface area (Å²) in [6.45, 7) is -0.135. The van der Waals surface area contributed by atoms with Crippen LogP contribution in [0, 0.1) is 17.6 Å². The van der Waals surface area contributed by atoms with E-state index >= 15 is 0 Å². The van der Waals surface area contributed by atoms with Crippen LogP contribution in [-0.2, 0) is 4.79 Å². The number of halogens is 4. The molecule has 1 aromatic heterocycles. The van der Waals surface area contributed by atoms with Crippen LogP contribution in [0.25, 0.3) is 11.3 Å². The quantitative estimate of drug-likeness (QED) is 0.401. The van der Waals surface area contributed by atoms with Gasteiger partial charge in [-0.2, -0.15) is 0 Å². The van der Waals surface area contributed by atoms with E-state index in [1.165, 1.54) is 11.9 Å². The van der Waals surface area contributed by atoms with E-state index in [1.54, 1.807) is 18.2 Å². The minimum Gasteiger partial charge on any atom is -0.493 e. The van der Waals surface area contributed by atoms with E-state index in [2.05, 4.69) is 15.3 Å². The highest BCUT2D eigenvalue weighted by Gasteiger charge is 2.32. The second kappa shape index (κ2) is 11.9. The lowest BCUT2D eigenvalue weighted by molar-refractivity contribution is -0.120. The summed E-state index contributed by atoms with van der Waals surface area (Å²) in [4.78, 5) is 35.3. The minimum absolute atomic E-state index is 0.0505. The molecule has 13 heteroatoms. The fraction of sp³-hybridized carbons (Fsp3) is 0.280. The topological polar surface area (TPSA) is 114 Å². The van der Waals surface area contributed by atoms with E-state index in [9.17, 15) is 23.5 Å². The average Bonchev–Trinajstić information content (AvgIpc) is 3.02. The molecule has 3 aromatic rings. The second-order valence-electron chi connectivity index (χ2n) is 8.39. The first-order valence-electron chi connectivity index (χ1n) is 11.3. The lowest BCUT2D eigenvalue weighted by Crippen LogP contribution is -2.49. The zero-order chi connectivity index (χ0) is 27.4. The van der Waals surface area contributed by atoms with Gasteiger partial charge >= 0.3 is 0 Å². The van der Waals surface area contributed by atoms with Gasteiger partial charge in [-0.15, -0.1) is 11.6 Å². The molecule has 38 heavy (non-hydrogen) atoms. The summed E-state index contributed by atoms with van der Waals surface area (Å²) in [5.41, 5.74) is 0.182. The molecule has 2 aromatic carbocycles. The molecule has 4 rings (SSSR count). The molecule has 0 radical (unpaired) electrons. The predicted molar refractivity (Wildman–Crippen MR) is 136 cm³/mol. The van der Waals surface area contributed by atoms with Crippen molar-refractivity contribution < 1.29 is 33.0 Å². The van der Waals surface area contributed by atoms with Gasteiger partial charge in [0.1, 0.15) is 35.8 Å². The van der Waals surface area contributed by atoms with Crippen molar-refractivity contribution in [2.24, 2.45) is 5.92 Å². The van der Waals surface area contributed by atoms with Crippen LogP contribution in [0.1, 0.15) is 10.6 Å². The summed E-state index contributed by atoms with van der Waals surface area (Å²) in [5, 5.41) is 11.8. The Hall–Kier alpha value is -3.54. The number of amides is 2. The molecule has 2 unspecified atom stereocenters.